The van der Waals surface area contributed by atoms with E-state index in [-0.39, 0.29) is 16.5 Å². The number of β-lactam (4-membered cyclic amide) rings is 1. The summed E-state index contributed by atoms with van der Waals surface area (Å²) in [7, 11) is 1.28. The van der Waals surface area contributed by atoms with Gasteiger partial charge in [0.25, 0.3) is 5.91 Å². The second-order valence-corrected chi connectivity index (χ2v) is 8.90. The van der Waals surface area contributed by atoms with Gasteiger partial charge in [0.15, 0.2) is 10.8 Å². The van der Waals surface area contributed by atoms with Crippen LogP contribution < -0.4 is 11.1 Å². The van der Waals surface area contributed by atoms with E-state index in [1.54, 1.807) is 19.2 Å². The summed E-state index contributed by atoms with van der Waals surface area (Å²) in [5.41, 5.74) is 5.70. The highest BCUT2D eigenvalue weighted by Crippen LogP contribution is 2.50. The highest BCUT2D eigenvalue weighted by Gasteiger charge is 2.64. The fourth-order valence-electron chi connectivity index (χ4n) is 3.05. The zero-order valence-electron chi connectivity index (χ0n) is 14.1. The van der Waals surface area contributed by atoms with Crippen LogP contribution in [0.4, 0.5) is 5.13 Å². The third kappa shape index (κ3) is 2.88. The van der Waals surface area contributed by atoms with Gasteiger partial charge in [-0.25, -0.2) is 9.78 Å². The number of anilines is 1. The maximum absolute atomic E-state index is 12.6. The summed E-state index contributed by atoms with van der Waals surface area (Å²) >= 11 is 2.48. The smallest absolute Gasteiger partial charge is 0.327 e. The van der Waals surface area contributed by atoms with E-state index in [4.69, 9.17) is 5.73 Å². The number of nitrogens with two attached hydrogens (primary N) is 1. The fourth-order valence-corrected chi connectivity index (χ4v) is 5.22. The van der Waals surface area contributed by atoms with Crippen molar-refractivity contribution in [3.8, 4) is 0 Å². The molecule has 0 radical (unpaired) electrons. The van der Waals surface area contributed by atoms with E-state index in [0.717, 1.165) is 11.3 Å². The van der Waals surface area contributed by atoms with Crippen LogP contribution in [0.15, 0.2) is 10.5 Å². The first kappa shape index (κ1) is 18.5. The Hall–Kier alpha value is -2.34. The highest BCUT2D eigenvalue weighted by molar-refractivity contribution is 8.01. The fraction of sp³-hybridized carbons (Fsp3) is 0.500. The minimum atomic E-state index is -1.07. The summed E-state index contributed by atoms with van der Waals surface area (Å²) in [4.78, 5) is 46.5. The lowest BCUT2D eigenvalue weighted by atomic mass is 9.96. The van der Waals surface area contributed by atoms with Crippen LogP contribution in [0.5, 0.6) is 0 Å². The van der Waals surface area contributed by atoms with Crippen molar-refractivity contribution < 1.29 is 24.3 Å². The second kappa shape index (κ2) is 6.43. The van der Waals surface area contributed by atoms with Gasteiger partial charge in [0.2, 0.25) is 5.91 Å². The topological polar surface area (TPSA) is 147 Å². The molecule has 2 amide bonds. The van der Waals surface area contributed by atoms with Crippen LogP contribution in [0, 0.1) is 0 Å². The number of aromatic nitrogens is 1. The van der Waals surface area contributed by atoms with E-state index >= 15 is 0 Å². The molecule has 3 heterocycles. The van der Waals surface area contributed by atoms with Crippen LogP contribution in [-0.2, 0) is 19.2 Å². The van der Waals surface area contributed by atoms with Crippen LogP contribution in [0.25, 0.3) is 0 Å². The number of oxime groups is 1. The summed E-state index contributed by atoms with van der Waals surface area (Å²) in [6.07, 6.45) is 0. The number of thioether (sulfide) groups is 1. The highest BCUT2D eigenvalue weighted by atomic mass is 32.2. The number of carbonyl (C=O) groups excluding carboxylic acids is 2. The molecule has 3 rings (SSSR count). The summed E-state index contributed by atoms with van der Waals surface area (Å²) in [5, 5.41) is 17.0. The quantitative estimate of drug-likeness (QED) is 0.347. The molecule has 2 saturated heterocycles. The van der Waals surface area contributed by atoms with Crippen molar-refractivity contribution in [2.45, 2.75) is 36.1 Å². The van der Waals surface area contributed by atoms with E-state index in [1.165, 1.54) is 23.8 Å². The number of nitrogens with one attached hydrogen (secondary N) is 1. The number of carbonyl (C=O) groups is 3. The number of nitrogen functional groups attached to an aromatic ring is 1. The Labute approximate surface area is 156 Å². The zero-order valence-corrected chi connectivity index (χ0v) is 15.8. The van der Waals surface area contributed by atoms with Gasteiger partial charge in [0.1, 0.15) is 30.3 Å². The van der Waals surface area contributed by atoms with Crippen molar-refractivity contribution in [2.75, 3.05) is 12.8 Å². The number of carboxylic acid groups (broad SMARTS) is 1. The molecule has 1 aromatic heterocycles. The molecule has 0 bridgehead atoms. The van der Waals surface area contributed by atoms with Crippen molar-refractivity contribution >= 4 is 51.7 Å². The second-order valence-electron chi connectivity index (χ2n) is 6.24. The first-order valence-corrected chi connectivity index (χ1v) is 9.29. The molecule has 140 valence electrons. The molecule has 0 saturated carbocycles. The molecule has 4 N–H and O–H groups in total. The Morgan fingerprint density at radius 2 is 2.19 bits per heavy atom. The number of aliphatic carboxylic acids is 1. The van der Waals surface area contributed by atoms with Gasteiger partial charge in [0, 0.05) is 10.1 Å². The van der Waals surface area contributed by atoms with Gasteiger partial charge >= 0.3 is 5.97 Å². The maximum Gasteiger partial charge on any atom is 0.327 e. The van der Waals surface area contributed by atoms with E-state index < -0.39 is 40.0 Å². The summed E-state index contributed by atoms with van der Waals surface area (Å²) in [6, 6.07) is -1.78. The Kier molecular flexibility index (Phi) is 4.56. The molecule has 3 unspecified atom stereocenters. The zero-order chi connectivity index (χ0) is 19.2. The Morgan fingerprint density at radius 1 is 1.50 bits per heavy atom. The molecule has 0 aromatic carbocycles. The van der Waals surface area contributed by atoms with Crippen LogP contribution in [0.2, 0.25) is 0 Å². The number of carboxylic acids is 1. The van der Waals surface area contributed by atoms with E-state index in [0.29, 0.717) is 0 Å². The molecule has 2 aliphatic heterocycles. The molecule has 10 nitrogen and oxygen atoms in total. The lowest BCUT2D eigenvalue weighted by molar-refractivity contribution is -0.160. The van der Waals surface area contributed by atoms with Gasteiger partial charge in [-0.05, 0) is 13.8 Å². The number of hydrogen-bond acceptors (Lipinski definition) is 9. The van der Waals surface area contributed by atoms with Crippen LogP contribution >= 0.6 is 23.1 Å². The normalized spacial score (nSPS) is 26.9. The number of thiazole rings is 1. The Bertz CT molecular complexity index is 807. The predicted molar refractivity (Wildman–Crippen MR) is 95.7 cm³/mol. The molecule has 0 spiro atoms. The molecule has 2 fully saturated rings. The number of rotatable bonds is 5. The van der Waals surface area contributed by atoms with Gasteiger partial charge < -0.3 is 25.9 Å². The van der Waals surface area contributed by atoms with Crippen LogP contribution in [0.3, 0.4) is 0 Å². The number of amides is 2. The van der Waals surface area contributed by atoms with Crippen molar-refractivity contribution in [3.63, 3.8) is 0 Å². The summed E-state index contributed by atoms with van der Waals surface area (Å²) < 4.78 is -0.668. The Morgan fingerprint density at radius 3 is 2.73 bits per heavy atom. The summed E-state index contributed by atoms with van der Waals surface area (Å²) in [5.74, 6) is -2.15. The van der Waals surface area contributed by atoms with Crippen molar-refractivity contribution in [3.05, 3.63) is 11.1 Å². The molecule has 3 atom stereocenters. The van der Waals surface area contributed by atoms with Gasteiger partial charge in [-0.1, -0.05) is 5.16 Å². The number of hydrogen-bond donors (Lipinski definition) is 3. The minimum absolute atomic E-state index is 0.108. The van der Waals surface area contributed by atoms with Crippen LogP contribution in [0.1, 0.15) is 19.5 Å². The molecule has 26 heavy (non-hydrogen) atoms. The molecule has 2 aliphatic rings. The lowest BCUT2D eigenvalue weighted by Gasteiger charge is -2.43. The number of nitrogens with zero attached hydrogens (tertiary/aromatic N) is 3. The average molecular weight is 399 g/mol. The molecular weight excluding hydrogens is 382 g/mol. The van der Waals surface area contributed by atoms with E-state index in [1.807, 2.05) is 0 Å². The molecule has 1 aromatic rings. The maximum atomic E-state index is 12.6. The average Bonchev–Trinajstić information content (AvgIpc) is 3.09. The van der Waals surface area contributed by atoms with Crippen molar-refractivity contribution in [2.24, 2.45) is 5.16 Å². The SMILES string of the molecule is CON=C(C(=O)NC1C(=O)N2C1SC(C)(C)C2C(=O)O)c1csc(N)n1. The van der Waals surface area contributed by atoms with E-state index in [9.17, 15) is 19.5 Å². The third-order valence-electron chi connectivity index (χ3n) is 4.12. The van der Waals surface area contributed by atoms with Crippen molar-refractivity contribution in [1.82, 2.24) is 15.2 Å². The Balaban J connectivity index is 1.78. The van der Waals surface area contributed by atoms with Gasteiger partial charge in [-0.3, -0.25) is 9.59 Å². The largest absolute Gasteiger partial charge is 0.480 e. The van der Waals surface area contributed by atoms with Crippen molar-refractivity contribution in [1.29, 1.82) is 0 Å². The first-order valence-electron chi connectivity index (χ1n) is 7.53. The van der Waals surface area contributed by atoms with Gasteiger partial charge in [-0.15, -0.1) is 23.1 Å². The van der Waals surface area contributed by atoms with E-state index in [2.05, 4.69) is 20.3 Å². The standard InChI is InChI=1S/C14H17N5O5S2/c1-14(2)8(12(22)23)19-10(21)7(11(19)26-14)17-9(20)6(18-24-3)5-4-25-13(15)16-5/h4,7-8,11H,1-3H3,(H2,15,16)(H,17,20)(H,22,23). The predicted octanol–water partition coefficient (Wildman–Crippen LogP) is -0.292. The van der Waals surface area contributed by atoms with Gasteiger partial charge in [0.05, 0.1) is 0 Å². The monoisotopic (exact) mass is 399 g/mol. The summed E-state index contributed by atoms with van der Waals surface area (Å²) in [6.45, 7) is 3.52. The van der Waals surface area contributed by atoms with Gasteiger partial charge in [-0.2, -0.15) is 0 Å². The third-order valence-corrected chi connectivity index (χ3v) is 6.37. The molecule has 12 heteroatoms. The molecular formula is C14H17N5O5S2. The molecule has 0 aliphatic carbocycles. The lowest BCUT2D eigenvalue weighted by Crippen LogP contribution is -2.71. The number of fused-ring (bicyclic) bond motifs is 1. The minimum Gasteiger partial charge on any atom is -0.480 e. The van der Waals surface area contributed by atoms with Crippen LogP contribution in [-0.4, -0.2) is 67.8 Å². The first-order chi connectivity index (χ1) is 12.2.